The van der Waals surface area contributed by atoms with Crippen LogP contribution in [0.15, 0.2) is 67.0 Å². The van der Waals surface area contributed by atoms with Crippen molar-refractivity contribution >= 4 is 62.6 Å². The van der Waals surface area contributed by atoms with Gasteiger partial charge in [0.2, 0.25) is 5.91 Å². The number of piperidine rings is 1. The lowest BCUT2D eigenvalue weighted by molar-refractivity contribution is -0.120. The van der Waals surface area contributed by atoms with Crippen molar-refractivity contribution in [3.63, 3.8) is 0 Å². The second kappa shape index (κ2) is 17.9. The number of amides is 4. The molecule has 0 radical (unpaired) electrons. The summed E-state index contributed by atoms with van der Waals surface area (Å²) in [5.41, 5.74) is 1.63. The van der Waals surface area contributed by atoms with E-state index in [4.69, 9.17) is 27.7 Å². The summed E-state index contributed by atoms with van der Waals surface area (Å²) in [5.74, 6) is 1.28. The van der Waals surface area contributed by atoms with Crippen molar-refractivity contribution in [2.24, 2.45) is 5.92 Å². The van der Waals surface area contributed by atoms with Gasteiger partial charge in [0.25, 0.3) is 5.91 Å². The maximum absolute atomic E-state index is 17.1. The normalized spacial score (nSPS) is 18.8. The number of anilines is 2. The number of carbonyl (C=O) groups excluding carboxylic acids is 3. The first kappa shape index (κ1) is 43.1. The van der Waals surface area contributed by atoms with Gasteiger partial charge in [0, 0.05) is 86.7 Å². The number of piperazine rings is 1. The maximum Gasteiger partial charge on any atom is 0.328 e. The van der Waals surface area contributed by atoms with Gasteiger partial charge in [-0.1, -0.05) is 23.6 Å². The minimum Gasteiger partial charge on any atom is -0.508 e. The van der Waals surface area contributed by atoms with Crippen LogP contribution in [0, 0.1) is 29.9 Å². The predicted octanol–water partition coefficient (Wildman–Crippen LogP) is 7.56. The summed E-state index contributed by atoms with van der Waals surface area (Å²) in [6, 6.07) is 14.3. The van der Waals surface area contributed by atoms with Crippen LogP contribution < -0.4 is 25.2 Å². The molecule has 14 nitrogen and oxygen atoms in total. The number of halogens is 3. The molecule has 7 heterocycles. The number of pyridine rings is 1. The predicted molar refractivity (Wildman–Crippen MR) is 246 cm³/mol. The van der Waals surface area contributed by atoms with Gasteiger partial charge >= 0.3 is 12.0 Å². The second-order valence-electron chi connectivity index (χ2n) is 17.5. The molecule has 17 heteroatoms. The molecule has 10 rings (SSSR count). The minimum atomic E-state index is -0.779. The number of urea groups is 1. The number of fused-ring (bicyclic) bond motifs is 4. The number of hydrogen-bond donors (Lipinski definition) is 3. The summed E-state index contributed by atoms with van der Waals surface area (Å²) in [6.45, 7) is 3.60. The van der Waals surface area contributed by atoms with Gasteiger partial charge in [-0.05, 0) is 98.4 Å². The molecule has 4 aliphatic rings. The van der Waals surface area contributed by atoms with E-state index in [-0.39, 0.29) is 83.0 Å². The van der Waals surface area contributed by atoms with Crippen LogP contribution in [0.2, 0.25) is 5.02 Å². The number of aryl methyl sites for hydroxylation is 1. The van der Waals surface area contributed by atoms with Crippen molar-refractivity contribution in [1.29, 1.82) is 0 Å². The monoisotopic (exact) mass is 913 g/mol. The Morgan fingerprint density at radius 1 is 1.00 bits per heavy atom. The molecule has 2 bridgehead atoms. The summed E-state index contributed by atoms with van der Waals surface area (Å²) in [6.07, 6.45) is 15.1. The highest BCUT2D eigenvalue weighted by Gasteiger charge is 2.35. The number of nitrogens with one attached hydrogen (secondary N) is 2. The zero-order chi connectivity index (χ0) is 45.6. The van der Waals surface area contributed by atoms with Gasteiger partial charge in [0.15, 0.2) is 5.82 Å². The standard InChI is InChI=1S/C49H46ClF2N9O5/c1-2-35-39(51)12-8-29-21-34(62)23-36(42(29)35)44-43(52)45-37(24-53-44)46(60-25-31-9-10-32(26-60)54-31)57-48(56-45)66-27-33-6-4-17-58(33)16-3-5-28-13-18-59(19-14-28)47(64)30-7-11-38(50)40(22-30)61-20-15-41(63)55-49(61)65/h1,4,6-8,11-12,17,21-24,28,31-32,54,62H,3,5,9-10,13-16,18-20,25-27H2,(H,55,63,65)/t31-,32?/m0/s1. The van der Waals surface area contributed by atoms with E-state index in [0.717, 1.165) is 50.8 Å². The Kier molecular flexibility index (Phi) is 11.7. The smallest absolute Gasteiger partial charge is 0.328 e. The van der Waals surface area contributed by atoms with Crippen LogP contribution in [0.25, 0.3) is 32.9 Å². The van der Waals surface area contributed by atoms with Crippen LogP contribution >= 0.6 is 11.6 Å². The molecular formula is C49H46ClF2N9O5. The number of phenols is 1. The van der Waals surface area contributed by atoms with Crippen LogP contribution in [0.4, 0.5) is 25.1 Å². The zero-order valence-electron chi connectivity index (χ0n) is 35.9. The molecule has 1 unspecified atom stereocenters. The fourth-order valence-electron chi connectivity index (χ4n) is 9.98. The molecule has 0 saturated carbocycles. The Morgan fingerprint density at radius 3 is 2.58 bits per heavy atom. The van der Waals surface area contributed by atoms with Crippen LogP contribution in [0.3, 0.4) is 0 Å². The van der Waals surface area contributed by atoms with Crippen LogP contribution in [0.1, 0.15) is 66.6 Å². The van der Waals surface area contributed by atoms with E-state index in [9.17, 15) is 23.9 Å². The van der Waals surface area contributed by atoms with E-state index in [1.54, 1.807) is 18.2 Å². The fraction of sp³-hybridized carbons (Fsp3) is 0.347. The number of phenolic OH excluding ortho intramolecular Hbond substituents is 1. The first-order chi connectivity index (χ1) is 32.0. The minimum absolute atomic E-state index is 0.00656. The number of aromatic nitrogens is 4. The second-order valence-corrected chi connectivity index (χ2v) is 17.9. The zero-order valence-corrected chi connectivity index (χ0v) is 36.7. The summed E-state index contributed by atoms with van der Waals surface area (Å²) in [4.78, 5) is 57.1. The van der Waals surface area contributed by atoms with Gasteiger partial charge in [-0.2, -0.15) is 9.97 Å². The van der Waals surface area contributed by atoms with Crippen molar-refractivity contribution < 1.29 is 33.0 Å². The van der Waals surface area contributed by atoms with Crippen molar-refractivity contribution in [3.05, 3.63) is 100 Å². The Bertz CT molecular complexity index is 2960. The van der Waals surface area contributed by atoms with E-state index in [0.29, 0.717) is 65.0 Å². The first-order valence-electron chi connectivity index (χ1n) is 22.3. The summed E-state index contributed by atoms with van der Waals surface area (Å²) in [5, 5.41) is 18.0. The van der Waals surface area contributed by atoms with E-state index in [2.05, 4.69) is 36.0 Å². The SMILES string of the molecule is C#Cc1c(F)ccc2cc(O)cc(-c3ncc4c(N5CC6CC[C@@H](C5)N6)nc(OCc5cccn5CCCC5CCN(C(=O)c6ccc(Cl)c(N7CCC(=O)NC7=O)c6)CC5)nc4c3F)c12. The highest BCUT2D eigenvalue weighted by Crippen LogP contribution is 2.40. The molecule has 4 fully saturated rings. The number of terminal acetylenes is 1. The Labute approximate surface area is 383 Å². The number of benzene rings is 3. The number of nitrogens with zero attached hydrogens (tertiary/aromatic N) is 7. The average molecular weight is 914 g/mol. The van der Waals surface area contributed by atoms with Gasteiger partial charge in [0.05, 0.1) is 27.4 Å². The molecule has 3 aromatic heterocycles. The third-order valence-electron chi connectivity index (χ3n) is 13.3. The summed E-state index contributed by atoms with van der Waals surface area (Å²) in [7, 11) is 0. The van der Waals surface area contributed by atoms with E-state index >= 15 is 4.39 Å². The van der Waals surface area contributed by atoms with Gasteiger partial charge in [-0.3, -0.25) is 24.8 Å². The average Bonchev–Trinajstić information content (AvgIpc) is 3.92. The Balaban J connectivity index is 0.823. The van der Waals surface area contributed by atoms with Crippen molar-refractivity contribution in [3.8, 4) is 35.4 Å². The lowest BCUT2D eigenvalue weighted by Crippen LogP contribution is -2.51. The third-order valence-corrected chi connectivity index (χ3v) is 13.7. The van der Waals surface area contributed by atoms with Gasteiger partial charge in [0.1, 0.15) is 35.2 Å². The number of likely N-dealkylation sites (tertiary alicyclic amines) is 1. The molecule has 4 saturated heterocycles. The third kappa shape index (κ3) is 8.33. The molecule has 3 N–H and O–H groups in total. The molecule has 66 heavy (non-hydrogen) atoms. The number of carbonyl (C=O) groups is 3. The molecule has 2 atom stereocenters. The van der Waals surface area contributed by atoms with Crippen molar-refractivity contribution in [2.75, 3.05) is 42.5 Å². The molecule has 0 aliphatic carbocycles. The quantitative estimate of drug-likeness (QED) is 0.111. The van der Waals surface area contributed by atoms with Crippen LogP contribution in [0.5, 0.6) is 11.8 Å². The van der Waals surface area contributed by atoms with Crippen LogP contribution in [-0.2, 0) is 17.9 Å². The highest BCUT2D eigenvalue weighted by atomic mass is 35.5. The Hall–Kier alpha value is -6.83. The van der Waals surface area contributed by atoms with Crippen molar-refractivity contribution in [1.82, 2.24) is 35.1 Å². The molecule has 338 valence electrons. The summed E-state index contributed by atoms with van der Waals surface area (Å²) < 4.78 is 40.5. The number of aromatic hydroxyl groups is 1. The topological polar surface area (TPSA) is 158 Å². The Morgan fingerprint density at radius 2 is 1.80 bits per heavy atom. The molecule has 4 aliphatic heterocycles. The van der Waals surface area contributed by atoms with Gasteiger partial charge in [-0.15, -0.1) is 6.42 Å². The summed E-state index contributed by atoms with van der Waals surface area (Å²) >= 11 is 6.42. The molecule has 6 aromatic rings. The van der Waals surface area contributed by atoms with Gasteiger partial charge < -0.3 is 29.5 Å². The van der Waals surface area contributed by atoms with E-state index < -0.39 is 17.7 Å². The largest absolute Gasteiger partial charge is 0.508 e. The van der Waals surface area contributed by atoms with E-state index in [1.165, 1.54) is 35.4 Å². The number of hydrogen-bond acceptors (Lipinski definition) is 10. The first-order valence-corrected chi connectivity index (χ1v) is 22.7. The number of rotatable bonds is 11. The van der Waals surface area contributed by atoms with Crippen molar-refractivity contribution in [2.45, 2.75) is 70.2 Å². The molecular weight excluding hydrogens is 868 g/mol. The maximum atomic E-state index is 17.1. The molecule has 0 spiro atoms. The van der Waals surface area contributed by atoms with Gasteiger partial charge in [-0.25, -0.2) is 13.6 Å². The van der Waals surface area contributed by atoms with E-state index in [1.807, 2.05) is 23.2 Å². The lowest BCUT2D eigenvalue weighted by atomic mass is 9.92. The molecule has 4 amide bonds. The highest BCUT2D eigenvalue weighted by molar-refractivity contribution is 6.34. The molecule has 3 aromatic carbocycles. The lowest BCUT2D eigenvalue weighted by Gasteiger charge is -2.34. The van der Waals surface area contributed by atoms with Crippen LogP contribution in [-0.4, -0.2) is 92.2 Å². The number of imide groups is 1. The fourth-order valence-corrected chi connectivity index (χ4v) is 10.2. The number of ether oxygens (including phenoxy) is 1.